The summed E-state index contributed by atoms with van der Waals surface area (Å²) in [6.45, 7) is 1.79. The predicted molar refractivity (Wildman–Crippen MR) is 53.3 cm³/mol. The molecule has 0 fully saturated rings. The Kier molecular flexibility index (Phi) is 2.33. The van der Waals surface area contributed by atoms with Crippen LogP contribution in [0.2, 0.25) is 0 Å². The number of nitrogens with zero attached hydrogens (tertiary/aromatic N) is 2. The molecule has 15 heavy (non-hydrogen) atoms. The smallest absolute Gasteiger partial charge is 0.278 e. The first-order valence-electron chi connectivity index (χ1n) is 4.50. The number of halogens is 1. The summed E-state index contributed by atoms with van der Waals surface area (Å²) < 4.78 is 13.9. The summed E-state index contributed by atoms with van der Waals surface area (Å²) in [5.74, 6) is -0.564. The van der Waals surface area contributed by atoms with E-state index in [1.165, 1.54) is 18.3 Å². The third-order valence-electron chi connectivity index (χ3n) is 2.04. The minimum absolute atomic E-state index is 0.0406. The molecule has 0 aromatic carbocycles. The SMILES string of the molecule is Cc1cccc(-c2c(F)ccc[n+]2[O-])n1. The van der Waals surface area contributed by atoms with Crippen molar-refractivity contribution in [3.63, 3.8) is 0 Å². The highest BCUT2D eigenvalue weighted by Crippen LogP contribution is 2.15. The number of pyridine rings is 2. The second-order valence-electron chi connectivity index (χ2n) is 3.19. The molecule has 0 aliphatic carbocycles. The molecule has 3 nitrogen and oxygen atoms in total. The first-order valence-corrected chi connectivity index (χ1v) is 4.50. The van der Waals surface area contributed by atoms with Crippen molar-refractivity contribution < 1.29 is 9.12 Å². The predicted octanol–water partition coefficient (Wildman–Crippen LogP) is 1.83. The molecule has 0 amide bonds. The summed E-state index contributed by atoms with van der Waals surface area (Å²) in [6.07, 6.45) is 1.25. The Morgan fingerprint density at radius 1 is 1.27 bits per heavy atom. The van der Waals surface area contributed by atoms with Gasteiger partial charge < -0.3 is 5.21 Å². The molecule has 0 N–H and O–H groups in total. The fourth-order valence-corrected chi connectivity index (χ4v) is 1.37. The van der Waals surface area contributed by atoms with Gasteiger partial charge in [0, 0.05) is 11.8 Å². The van der Waals surface area contributed by atoms with E-state index in [1.807, 2.05) is 0 Å². The van der Waals surface area contributed by atoms with Crippen LogP contribution in [0.3, 0.4) is 0 Å². The van der Waals surface area contributed by atoms with Gasteiger partial charge >= 0.3 is 0 Å². The molecule has 0 atom stereocenters. The monoisotopic (exact) mass is 204 g/mol. The second kappa shape index (κ2) is 3.65. The van der Waals surface area contributed by atoms with Gasteiger partial charge in [-0.05, 0) is 25.1 Å². The molecule has 0 saturated carbocycles. The Labute approximate surface area is 86.4 Å². The van der Waals surface area contributed by atoms with Crippen LogP contribution in [0.1, 0.15) is 5.69 Å². The maximum Gasteiger partial charge on any atom is 0.278 e. The van der Waals surface area contributed by atoms with Crippen molar-refractivity contribution in [2.24, 2.45) is 0 Å². The van der Waals surface area contributed by atoms with E-state index in [2.05, 4.69) is 4.98 Å². The van der Waals surface area contributed by atoms with Crippen molar-refractivity contribution in [1.29, 1.82) is 0 Å². The van der Waals surface area contributed by atoms with E-state index in [4.69, 9.17) is 0 Å². The highest BCUT2D eigenvalue weighted by Gasteiger charge is 2.15. The molecule has 0 radical (unpaired) electrons. The minimum Gasteiger partial charge on any atom is -0.618 e. The van der Waals surface area contributed by atoms with Crippen molar-refractivity contribution in [3.05, 3.63) is 53.2 Å². The summed E-state index contributed by atoms with van der Waals surface area (Å²) in [6, 6.07) is 7.75. The first-order chi connectivity index (χ1) is 7.18. The van der Waals surface area contributed by atoms with Crippen LogP contribution in [0.15, 0.2) is 36.5 Å². The van der Waals surface area contributed by atoms with Gasteiger partial charge in [-0.15, -0.1) is 0 Å². The average Bonchev–Trinajstić information content (AvgIpc) is 2.17. The molecule has 2 heterocycles. The van der Waals surface area contributed by atoms with Crippen LogP contribution in [0.25, 0.3) is 11.4 Å². The number of rotatable bonds is 1. The van der Waals surface area contributed by atoms with E-state index in [-0.39, 0.29) is 5.69 Å². The number of hydrogen-bond donors (Lipinski definition) is 0. The molecule has 0 bridgehead atoms. The van der Waals surface area contributed by atoms with Crippen molar-refractivity contribution in [3.8, 4) is 11.4 Å². The summed E-state index contributed by atoms with van der Waals surface area (Å²) in [4.78, 5) is 4.10. The van der Waals surface area contributed by atoms with Gasteiger partial charge in [0.2, 0.25) is 0 Å². The Morgan fingerprint density at radius 3 is 2.73 bits per heavy atom. The number of hydrogen-bond acceptors (Lipinski definition) is 2. The van der Waals surface area contributed by atoms with Crippen molar-refractivity contribution in [1.82, 2.24) is 4.98 Å². The van der Waals surface area contributed by atoms with E-state index in [0.717, 1.165) is 5.69 Å². The van der Waals surface area contributed by atoms with Gasteiger partial charge in [0.1, 0.15) is 5.69 Å². The highest BCUT2D eigenvalue weighted by molar-refractivity contribution is 5.51. The standard InChI is InChI=1S/C11H9FN2O/c1-8-4-2-6-10(13-8)11-9(12)5-3-7-14(11)15/h2-7H,1H3. The van der Waals surface area contributed by atoms with Crippen LogP contribution >= 0.6 is 0 Å². The lowest BCUT2D eigenvalue weighted by molar-refractivity contribution is -0.595. The molecule has 0 saturated heterocycles. The number of aromatic nitrogens is 2. The lowest BCUT2D eigenvalue weighted by Gasteiger charge is -2.04. The topological polar surface area (TPSA) is 39.8 Å². The molecule has 0 aliphatic heterocycles. The van der Waals surface area contributed by atoms with E-state index in [9.17, 15) is 9.60 Å². The van der Waals surface area contributed by atoms with Crippen LogP contribution in [0, 0.1) is 17.9 Å². The lowest BCUT2D eigenvalue weighted by Crippen LogP contribution is -2.29. The van der Waals surface area contributed by atoms with E-state index in [1.54, 1.807) is 25.1 Å². The quantitative estimate of drug-likeness (QED) is 0.525. The summed E-state index contributed by atoms with van der Waals surface area (Å²) in [7, 11) is 0. The van der Waals surface area contributed by atoms with Gasteiger partial charge in [0.25, 0.3) is 5.69 Å². The van der Waals surface area contributed by atoms with Gasteiger partial charge in [0.15, 0.2) is 12.0 Å². The highest BCUT2D eigenvalue weighted by atomic mass is 19.1. The van der Waals surface area contributed by atoms with Gasteiger partial charge in [-0.2, -0.15) is 9.12 Å². The summed E-state index contributed by atoms with van der Waals surface area (Å²) >= 11 is 0. The maximum atomic E-state index is 13.4. The molecule has 2 rings (SSSR count). The molecular weight excluding hydrogens is 195 g/mol. The van der Waals surface area contributed by atoms with E-state index in [0.29, 0.717) is 10.4 Å². The van der Waals surface area contributed by atoms with Crippen LogP contribution in [-0.2, 0) is 0 Å². The molecular formula is C11H9FN2O. The lowest BCUT2D eigenvalue weighted by atomic mass is 10.2. The van der Waals surface area contributed by atoms with Crippen LogP contribution in [-0.4, -0.2) is 4.98 Å². The third kappa shape index (κ3) is 1.79. The van der Waals surface area contributed by atoms with E-state index < -0.39 is 5.82 Å². The second-order valence-corrected chi connectivity index (χ2v) is 3.19. The van der Waals surface area contributed by atoms with Gasteiger partial charge in [-0.1, -0.05) is 6.07 Å². The zero-order valence-corrected chi connectivity index (χ0v) is 8.14. The zero-order valence-electron chi connectivity index (χ0n) is 8.14. The molecule has 0 unspecified atom stereocenters. The maximum absolute atomic E-state index is 13.4. The zero-order chi connectivity index (χ0) is 10.8. The minimum atomic E-state index is -0.564. The molecule has 4 heteroatoms. The molecule has 2 aromatic rings. The third-order valence-corrected chi connectivity index (χ3v) is 2.04. The average molecular weight is 204 g/mol. The van der Waals surface area contributed by atoms with Gasteiger partial charge in [0.05, 0.1) is 0 Å². The van der Waals surface area contributed by atoms with Crippen molar-refractivity contribution in [2.75, 3.05) is 0 Å². The Morgan fingerprint density at radius 2 is 2.07 bits per heavy atom. The Bertz CT molecular complexity index is 479. The van der Waals surface area contributed by atoms with Crippen LogP contribution in [0.5, 0.6) is 0 Å². The normalized spacial score (nSPS) is 10.3. The van der Waals surface area contributed by atoms with Gasteiger partial charge in [-0.25, -0.2) is 4.98 Å². The van der Waals surface area contributed by atoms with Crippen LogP contribution < -0.4 is 4.73 Å². The van der Waals surface area contributed by atoms with E-state index >= 15 is 0 Å². The largest absolute Gasteiger partial charge is 0.618 e. The van der Waals surface area contributed by atoms with Crippen molar-refractivity contribution >= 4 is 0 Å². The van der Waals surface area contributed by atoms with Crippen LogP contribution in [0.4, 0.5) is 4.39 Å². The fraction of sp³-hybridized carbons (Fsp3) is 0.0909. The molecule has 0 aliphatic rings. The molecule has 76 valence electrons. The Hall–Kier alpha value is -1.97. The van der Waals surface area contributed by atoms with Gasteiger partial charge in [-0.3, -0.25) is 0 Å². The molecule has 0 spiro atoms. The number of aryl methyl sites for hydroxylation is 1. The fourth-order valence-electron chi connectivity index (χ4n) is 1.37. The first kappa shape index (κ1) is 9.58. The summed E-state index contributed by atoms with van der Waals surface area (Å²) in [5.41, 5.74) is 1.06. The van der Waals surface area contributed by atoms with Crippen molar-refractivity contribution in [2.45, 2.75) is 6.92 Å². The molecule has 2 aromatic heterocycles. The Balaban J connectivity index is 2.63. The summed E-state index contributed by atoms with van der Waals surface area (Å²) in [5, 5.41) is 11.4.